The lowest BCUT2D eigenvalue weighted by Gasteiger charge is -2.18. The summed E-state index contributed by atoms with van der Waals surface area (Å²) in [5.41, 5.74) is 20.6. The van der Waals surface area contributed by atoms with Gasteiger partial charge < -0.3 is 43.4 Å². The molecule has 0 atom stereocenters. The second-order valence-electron chi connectivity index (χ2n) is 24.9. The van der Waals surface area contributed by atoms with E-state index in [1.165, 1.54) is 81.3 Å². The number of carbonyl (C=O) groups is 5. The molecule has 69 heteroatoms. The molecule has 9 rings (SSSR count). The maximum absolute atomic E-state index is 12.0. The van der Waals surface area contributed by atoms with Crippen molar-refractivity contribution >= 4 is 258 Å². The molecular formula is C65H90Cl4N18O36S11. The lowest BCUT2D eigenvalue weighted by Crippen LogP contribution is -2.24. The van der Waals surface area contributed by atoms with E-state index in [0.717, 1.165) is 105 Å². The van der Waals surface area contributed by atoms with Crippen LogP contribution in [0, 0.1) is 30.3 Å². The topological polar surface area (TPSA) is 947 Å². The molecule has 0 aromatic heterocycles. The number of nitrogens with one attached hydrogen (secondary N) is 5. The van der Waals surface area contributed by atoms with Crippen LogP contribution < -0.4 is 73.4 Å². The van der Waals surface area contributed by atoms with Crippen molar-refractivity contribution < 1.29 is 146 Å². The second-order valence-corrected chi connectivity index (χ2v) is 45.0. The first-order valence-corrected chi connectivity index (χ1v) is 53.7. The van der Waals surface area contributed by atoms with Crippen LogP contribution in [0.15, 0.2) is 179 Å². The third-order valence-corrected chi connectivity index (χ3v) is 23.1. The van der Waals surface area contributed by atoms with E-state index in [1.54, 1.807) is 0 Å². The molecule has 2 aliphatic heterocycles. The number of hydrogen-bond acceptors (Lipinski definition) is 39. The number of ketones is 2. The van der Waals surface area contributed by atoms with E-state index in [-0.39, 0.29) is 114 Å². The number of nitro benzene ring substituents is 3. The average molecular weight is 2190 g/mol. The maximum Gasteiger partial charge on any atom is 0.311 e. The smallest absolute Gasteiger partial charge is 0.311 e. The Morgan fingerprint density at radius 1 is 0.493 bits per heavy atom. The van der Waals surface area contributed by atoms with Gasteiger partial charge in [0.1, 0.15) is 58.1 Å². The number of rotatable bonds is 22. The van der Waals surface area contributed by atoms with Crippen LogP contribution in [-0.4, -0.2) is 190 Å². The quantitative estimate of drug-likeness (QED) is 0.00847. The number of aliphatic carboxylic acids is 1. The predicted octanol–water partition coefficient (Wildman–Crippen LogP) is 4.46. The van der Waals surface area contributed by atoms with E-state index in [0.29, 0.717) is 11.8 Å². The van der Waals surface area contributed by atoms with Gasteiger partial charge in [-0.15, -0.1) is 17.6 Å². The van der Waals surface area contributed by atoms with Crippen molar-refractivity contribution in [3.63, 3.8) is 0 Å². The van der Waals surface area contributed by atoms with Gasteiger partial charge in [-0.1, -0.05) is 38.1 Å². The Morgan fingerprint density at radius 2 is 0.813 bits per heavy atom. The van der Waals surface area contributed by atoms with E-state index in [2.05, 4.69) is 53.0 Å². The van der Waals surface area contributed by atoms with Gasteiger partial charge in [0.25, 0.3) is 37.2 Å². The minimum Gasteiger partial charge on any atom is -0.481 e. The van der Waals surface area contributed by atoms with Crippen LogP contribution in [0.4, 0.5) is 68.2 Å². The first-order chi connectivity index (χ1) is 59.5. The highest BCUT2D eigenvalue weighted by atomic mass is 35.7. The number of nitrogens with zero attached hydrogens (tertiary/aromatic N) is 4. The van der Waals surface area contributed by atoms with Crippen LogP contribution in [0.25, 0.3) is 0 Å². The molecule has 0 saturated carbocycles. The molecule has 1 saturated heterocycles. The Morgan fingerprint density at radius 3 is 1.14 bits per heavy atom. The van der Waals surface area contributed by atoms with E-state index >= 15 is 0 Å². The molecule has 0 spiro atoms. The number of fused-ring (bicyclic) bond motifs is 1. The summed E-state index contributed by atoms with van der Waals surface area (Å²) in [6.07, 6.45) is 5.11. The van der Waals surface area contributed by atoms with Gasteiger partial charge >= 0.3 is 5.97 Å². The number of carboxylic acids is 1. The van der Waals surface area contributed by atoms with Crippen LogP contribution in [0.1, 0.15) is 60.8 Å². The average Bonchev–Trinajstić information content (AvgIpc) is 0.816. The summed E-state index contributed by atoms with van der Waals surface area (Å²) in [5, 5.41) is 67.8. The van der Waals surface area contributed by atoms with E-state index < -0.39 is 185 Å². The molecular weight excluding hydrogens is 2100 g/mol. The van der Waals surface area contributed by atoms with Gasteiger partial charge in [0, 0.05) is 83.0 Å². The number of benzene rings is 7. The minimum atomic E-state index is -4.53. The normalized spacial score (nSPS) is 12.3. The second kappa shape index (κ2) is 55.0. The number of nitrogen functional groups attached to an aromatic ring is 4. The predicted molar refractivity (Wildman–Crippen MR) is 501 cm³/mol. The van der Waals surface area contributed by atoms with Crippen molar-refractivity contribution in [1.82, 2.24) is 0 Å². The lowest BCUT2D eigenvalue weighted by atomic mass is 10.2. The zero-order chi connectivity index (χ0) is 104. The Hall–Kier alpha value is -11.2. The van der Waals surface area contributed by atoms with Crippen molar-refractivity contribution in [2.24, 2.45) is 30.1 Å². The number of anilines is 9. The number of amidine groups is 1. The van der Waals surface area contributed by atoms with Gasteiger partial charge in [-0.3, -0.25) is 73.0 Å². The number of halogens is 4. The highest BCUT2D eigenvalue weighted by Crippen LogP contribution is 2.33. The van der Waals surface area contributed by atoms with Crippen molar-refractivity contribution in [3.05, 3.63) is 181 Å². The van der Waals surface area contributed by atoms with Crippen LogP contribution in [0.5, 0.6) is 0 Å². The first-order valence-electron chi connectivity index (χ1n) is 33.6. The minimum absolute atomic E-state index is 0. The molecule has 1 amide bonds. The number of carbonyl (C=O) groups excluding carboxylic acids is 4. The lowest BCUT2D eigenvalue weighted by molar-refractivity contribution is -0.385. The molecule has 0 radical (unpaired) electrons. The number of Topliss-reactive ketones (excluding diaryl/α,β-unsaturated/α-hetero) is 2. The molecule has 2 aliphatic rings. The fourth-order valence-electron chi connectivity index (χ4n) is 8.34. The van der Waals surface area contributed by atoms with E-state index in [1.807, 2.05) is 0 Å². The van der Waals surface area contributed by atoms with Crippen molar-refractivity contribution in [2.45, 2.75) is 95.1 Å². The van der Waals surface area contributed by atoms with Gasteiger partial charge in [-0.05, 0) is 129 Å². The number of amides is 1. The summed E-state index contributed by atoms with van der Waals surface area (Å²) >= 11 is 15.7. The molecule has 2 heterocycles. The Kier molecular flexibility index (Phi) is 53.0. The molecule has 0 unspecified atom stereocenters. The Balaban J connectivity index is -0.000000715. The highest BCUT2D eigenvalue weighted by Gasteiger charge is 2.28. The zero-order valence-electron chi connectivity index (χ0n) is 68.3. The first kappa shape index (κ1) is 129. The summed E-state index contributed by atoms with van der Waals surface area (Å²) in [5.74, 6) is -2.74. The molecule has 750 valence electrons. The van der Waals surface area contributed by atoms with Crippen molar-refractivity contribution in [1.29, 1.82) is 0 Å². The SMILES string of the molecule is C.C.C1CCOC1.C=C.CC(=O)CC(=O)Cl.CC(=O)CC(=O)Nc1ccc(NS(C)(=O)=O)cc1S(N)(=O)=O.CS(=O)(=O)Cl.CS(=O)(=O)Nc1ccc(N)c(S(N)(=O)=O)c1.CS(=O)(=O)Nc1ccc2c(c1)S(=O)(=O)N=C(CC(=O)O)N2.NS(=O)(=O)c1cc([N+](=O)[O-])ccc1Cl.Nc1ccc(N)c(S(N)(=O)=O)c1.Nc1ccc([N+](=O)[O-])cc1S(N)(=O)=O.O=[N+]([O-])c1ccc(Cl)c(S(=O)(=O)O)c1. The van der Waals surface area contributed by atoms with Crippen LogP contribution in [-0.2, 0) is 138 Å². The van der Waals surface area contributed by atoms with Gasteiger partial charge in [0.2, 0.25) is 100 Å². The van der Waals surface area contributed by atoms with Crippen molar-refractivity contribution in [2.75, 3.05) is 86.0 Å². The van der Waals surface area contributed by atoms with E-state index in [9.17, 15) is 147 Å². The number of carboxylic acid groups (broad SMARTS) is 1. The monoisotopic (exact) mass is 2190 g/mol. The van der Waals surface area contributed by atoms with Gasteiger partial charge in [-0.25, -0.2) is 101 Å². The Labute approximate surface area is 789 Å². The fraction of sp³-hybridized carbons (Fsp3) is 0.231. The summed E-state index contributed by atoms with van der Waals surface area (Å²) in [6, 6.07) is 23.8. The number of sulfonamides is 9. The molecule has 0 aliphatic carbocycles. The summed E-state index contributed by atoms with van der Waals surface area (Å²) in [6.45, 7) is 10.5. The third-order valence-electron chi connectivity index (χ3n) is 13.2. The fourth-order valence-corrected chi connectivity index (χ4v) is 16.2. The van der Waals surface area contributed by atoms with Crippen LogP contribution >= 0.6 is 45.5 Å². The maximum atomic E-state index is 12.0. The number of nitro groups is 3. The molecule has 1 fully saturated rings. The number of primary sulfonamides is 5. The van der Waals surface area contributed by atoms with Crippen molar-refractivity contribution in [3.8, 4) is 0 Å². The van der Waals surface area contributed by atoms with Crippen LogP contribution in [0.3, 0.4) is 0 Å². The molecule has 25 N–H and O–H groups in total. The summed E-state index contributed by atoms with van der Waals surface area (Å²) in [7, 11) is -37.9. The standard InChI is InChI=1S/C11H15N3O6S2.C10H11N3O6S2.C7H11N3O4S2.C6H5ClN2O4S.C6H4ClNO5S.C6H7N3O4S.C6H9N3O2S.C4H5ClO2.C4H8O.C2H4.CH3ClO2S.2CH4/c1-7(15)5-11(16)13-9-4-3-8(14-21(2,17)18)6-10(9)22(12,19)20;1-20(16,17)12-6-2-3-7-8(4-6)21(18,19)13-9(11-7)5-10(14)15;1-15(11,12)10-5-2-3-6(8)7(4-5)16(9,13)14;7-5-2-1-4(9(10)11)3-6(5)14(8,12)13;7-5-2-1-4(8(9)10)3-6(5)14(11,12)13;7-5-2-1-4(9(10)11)3-6(5)14(8,12)13;7-4-1-2-5(8)6(3-4)12(9,10)11;1-3(6)2-4(5)7;1-2-4-5-3-1;1-2;1-5(2,3)4;;/h3-4,6,14H,5H2,1-2H3,(H,13,16)(H2,12,19,20);2-4,12H,5H2,1H3,(H,11,13)(H,14,15);2-4,10H,8H2,1H3,(H2,9,13,14);1-3H,(H2,8,12,13);1-3H,(H,11,12,13);1-3H,7H2,(H2,8,12,13);1-3H,7-8H2,(H2,9,10,11);2H2,1H3;1-4H2;1-2H2;1H3;2*1H4. The number of hydrogen-bond donors (Lipinski definition) is 16. The number of ether oxygens (including phenoxy) is 1. The third kappa shape index (κ3) is 54.3. The van der Waals surface area contributed by atoms with Gasteiger partial charge in [0.05, 0.1) is 91.1 Å². The molecule has 134 heavy (non-hydrogen) atoms. The summed E-state index contributed by atoms with van der Waals surface area (Å²) in [4.78, 5) is 78.7. The molecule has 54 nitrogen and oxygen atoms in total. The molecule has 7 aromatic rings. The number of nitrogens with two attached hydrogens (primary N) is 9. The zero-order valence-corrected chi connectivity index (χ0v) is 80.3. The van der Waals surface area contributed by atoms with E-state index in [4.69, 9.17) is 97.8 Å². The highest BCUT2D eigenvalue weighted by molar-refractivity contribution is 8.13. The largest absolute Gasteiger partial charge is 0.481 e. The molecule has 7 aromatic carbocycles. The van der Waals surface area contributed by atoms with Gasteiger partial charge in [-0.2, -0.15) is 16.8 Å². The van der Waals surface area contributed by atoms with Crippen LogP contribution in [0.2, 0.25) is 10.0 Å². The number of non-ortho nitro benzene ring substituents is 3. The van der Waals surface area contributed by atoms with Gasteiger partial charge in [0.15, 0.2) is 0 Å². The summed E-state index contributed by atoms with van der Waals surface area (Å²) < 4.78 is 264. The molecule has 0 bridgehead atoms. The Bertz CT molecular complexity index is 6630.